The minimum Gasteiger partial charge on any atom is -0.481 e. The van der Waals surface area contributed by atoms with Crippen LogP contribution in [0.15, 0.2) is 0 Å². The highest BCUT2D eigenvalue weighted by atomic mass is 16.4. The molecular formula is C11H22N2O3. The molecule has 0 aliphatic carbocycles. The van der Waals surface area contributed by atoms with Gasteiger partial charge in [0.05, 0.1) is 5.92 Å². The fraction of sp³-hybridized carbons (Fsp3) is 0.818. The van der Waals surface area contributed by atoms with Gasteiger partial charge in [-0.2, -0.15) is 0 Å². The minimum absolute atomic E-state index is 0.144. The van der Waals surface area contributed by atoms with Gasteiger partial charge >= 0.3 is 5.97 Å². The number of nitrogens with two attached hydrogens (primary N) is 1. The van der Waals surface area contributed by atoms with Crippen LogP contribution in [0.5, 0.6) is 0 Å². The minimum atomic E-state index is -0.859. The molecule has 0 heterocycles. The molecule has 0 aliphatic heterocycles. The van der Waals surface area contributed by atoms with Crippen LogP contribution < -0.4 is 11.1 Å². The normalized spacial score (nSPS) is 14.2. The molecule has 0 spiro atoms. The summed E-state index contributed by atoms with van der Waals surface area (Å²) in [5.74, 6) is -1.52. The molecular weight excluding hydrogens is 208 g/mol. The molecule has 94 valence electrons. The molecule has 0 radical (unpaired) electrons. The van der Waals surface area contributed by atoms with Crippen LogP contribution in [0.4, 0.5) is 0 Å². The van der Waals surface area contributed by atoms with E-state index in [-0.39, 0.29) is 24.9 Å². The molecule has 2 atom stereocenters. The number of carboxylic acid groups (broad SMARTS) is 1. The predicted molar refractivity (Wildman–Crippen MR) is 61.9 cm³/mol. The van der Waals surface area contributed by atoms with Gasteiger partial charge < -0.3 is 16.2 Å². The second kappa shape index (κ2) is 8.10. The van der Waals surface area contributed by atoms with Crippen LogP contribution in [0, 0.1) is 5.92 Å². The summed E-state index contributed by atoms with van der Waals surface area (Å²) in [5, 5.41) is 11.5. The van der Waals surface area contributed by atoms with E-state index in [1.165, 1.54) is 0 Å². The summed E-state index contributed by atoms with van der Waals surface area (Å²) in [6.07, 6.45) is 2.37. The second-order valence-electron chi connectivity index (χ2n) is 4.00. The van der Waals surface area contributed by atoms with E-state index in [2.05, 4.69) is 5.32 Å². The first kappa shape index (κ1) is 14.9. The number of nitrogens with one attached hydrogen (secondary N) is 1. The van der Waals surface area contributed by atoms with E-state index < -0.39 is 11.9 Å². The smallest absolute Gasteiger partial charge is 0.308 e. The first-order valence-electron chi connectivity index (χ1n) is 5.76. The average molecular weight is 230 g/mol. The Hall–Kier alpha value is -1.10. The van der Waals surface area contributed by atoms with Gasteiger partial charge in [0.1, 0.15) is 0 Å². The highest BCUT2D eigenvalue weighted by Gasteiger charge is 2.17. The molecule has 0 saturated heterocycles. The van der Waals surface area contributed by atoms with E-state index in [9.17, 15) is 9.59 Å². The fourth-order valence-corrected chi connectivity index (χ4v) is 1.35. The summed E-state index contributed by atoms with van der Waals surface area (Å²) in [6, 6.07) is -0.144. The highest BCUT2D eigenvalue weighted by molar-refractivity contribution is 5.77. The van der Waals surface area contributed by atoms with Crippen LogP contribution in [0.3, 0.4) is 0 Å². The van der Waals surface area contributed by atoms with Crippen molar-refractivity contribution in [2.24, 2.45) is 11.7 Å². The van der Waals surface area contributed by atoms with Crippen molar-refractivity contribution in [3.05, 3.63) is 0 Å². The Labute approximate surface area is 96.4 Å². The SMILES string of the molecule is CCCC(CNC(=O)CC(N)CC)C(=O)O. The number of rotatable bonds is 8. The molecule has 4 N–H and O–H groups in total. The molecule has 0 fully saturated rings. The summed E-state index contributed by atoms with van der Waals surface area (Å²) in [5.41, 5.74) is 5.62. The predicted octanol–water partition coefficient (Wildman–Crippen LogP) is 0.731. The number of hydrogen-bond acceptors (Lipinski definition) is 3. The fourth-order valence-electron chi connectivity index (χ4n) is 1.35. The summed E-state index contributed by atoms with van der Waals surface area (Å²) >= 11 is 0. The van der Waals surface area contributed by atoms with Crippen molar-refractivity contribution < 1.29 is 14.7 Å². The van der Waals surface area contributed by atoms with E-state index in [1.54, 1.807) is 0 Å². The molecule has 0 aromatic rings. The summed E-state index contributed by atoms with van der Waals surface area (Å²) in [6.45, 7) is 4.03. The lowest BCUT2D eigenvalue weighted by Crippen LogP contribution is -2.36. The number of aliphatic carboxylic acids is 1. The monoisotopic (exact) mass is 230 g/mol. The van der Waals surface area contributed by atoms with Crippen molar-refractivity contribution in [3.63, 3.8) is 0 Å². The van der Waals surface area contributed by atoms with Crippen molar-refractivity contribution in [1.82, 2.24) is 5.32 Å². The Morgan fingerprint density at radius 1 is 1.38 bits per heavy atom. The maximum absolute atomic E-state index is 11.4. The lowest BCUT2D eigenvalue weighted by atomic mass is 10.0. The molecule has 0 aromatic heterocycles. The van der Waals surface area contributed by atoms with Gasteiger partial charge in [-0.05, 0) is 12.8 Å². The number of carbonyl (C=O) groups excluding carboxylic acids is 1. The van der Waals surface area contributed by atoms with E-state index in [0.29, 0.717) is 6.42 Å². The Morgan fingerprint density at radius 3 is 2.44 bits per heavy atom. The molecule has 1 amide bonds. The molecule has 0 saturated carbocycles. The van der Waals surface area contributed by atoms with Crippen LogP contribution in [0.25, 0.3) is 0 Å². The third kappa shape index (κ3) is 6.40. The summed E-state index contributed by atoms with van der Waals surface area (Å²) in [7, 11) is 0. The zero-order chi connectivity index (χ0) is 12.6. The van der Waals surface area contributed by atoms with Crippen LogP contribution in [-0.2, 0) is 9.59 Å². The third-order valence-corrected chi connectivity index (χ3v) is 2.50. The Morgan fingerprint density at radius 2 is 2.00 bits per heavy atom. The second-order valence-corrected chi connectivity index (χ2v) is 4.00. The van der Waals surface area contributed by atoms with Gasteiger partial charge in [-0.3, -0.25) is 9.59 Å². The molecule has 2 unspecified atom stereocenters. The van der Waals surface area contributed by atoms with Gasteiger partial charge in [-0.15, -0.1) is 0 Å². The number of hydrogen-bond donors (Lipinski definition) is 3. The number of amides is 1. The van der Waals surface area contributed by atoms with Crippen LogP contribution >= 0.6 is 0 Å². The Bertz CT molecular complexity index is 231. The van der Waals surface area contributed by atoms with Crippen molar-refractivity contribution in [2.75, 3.05) is 6.54 Å². The van der Waals surface area contributed by atoms with Crippen LogP contribution in [0.1, 0.15) is 39.5 Å². The van der Waals surface area contributed by atoms with Gasteiger partial charge in [0.2, 0.25) is 5.91 Å². The molecule has 5 nitrogen and oxygen atoms in total. The van der Waals surface area contributed by atoms with Crippen LogP contribution in [0.2, 0.25) is 0 Å². The standard InChI is InChI=1S/C11H22N2O3/c1-3-5-8(11(15)16)7-13-10(14)6-9(12)4-2/h8-9H,3-7,12H2,1-2H3,(H,13,14)(H,15,16). The molecule has 5 heteroatoms. The molecule has 0 aromatic carbocycles. The topological polar surface area (TPSA) is 92.4 Å². The zero-order valence-electron chi connectivity index (χ0n) is 10.0. The van der Waals surface area contributed by atoms with Gasteiger partial charge in [-0.1, -0.05) is 20.3 Å². The average Bonchev–Trinajstić information content (AvgIpc) is 2.23. The van der Waals surface area contributed by atoms with E-state index >= 15 is 0 Å². The van der Waals surface area contributed by atoms with Crippen molar-refractivity contribution in [2.45, 2.75) is 45.6 Å². The van der Waals surface area contributed by atoms with Crippen molar-refractivity contribution in [1.29, 1.82) is 0 Å². The van der Waals surface area contributed by atoms with Gasteiger partial charge in [-0.25, -0.2) is 0 Å². The molecule has 16 heavy (non-hydrogen) atoms. The highest BCUT2D eigenvalue weighted by Crippen LogP contribution is 2.05. The zero-order valence-corrected chi connectivity index (χ0v) is 10.0. The number of carboxylic acids is 1. The summed E-state index contributed by atoms with van der Waals surface area (Å²) < 4.78 is 0. The van der Waals surface area contributed by atoms with Gasteiger partial charge in [0.25, 0.3) is 0 Å². The molecule has 0 aliphatic rings. The molecule has 0 rings (SSSR count). The van der Waals surface area contributed by atoms with E-state index in [1.807, 2.05) is 13.8 Å². The van der Waals surface area contributed by atoms with E-state index in [4.69, 9.17) is 10.8 Å². The quantitative estimate of drug-likeness (QED) is 0.573. The maximum Gasteiger partial charge on any atom is 0.308 e. The lowest BCUT2D eigenvalue weighted by Gasteiger charge is -2.13. The molecule has 0 bridgehead atoms. The van der Waals surface area contributed by atoms with Crippen molar-refractivity contribution in [3.8, 4) is 0 Å². The third-order valence-electron chi connectivity index (χ3n) is 2.50. The Balaban J connectivity index is 3.91. The first-order chi connectivity index (χ1) is 7.51. The summed E-state index contributed by atoms with van der Waals surface area (Å²) in [4.78, 5) is 22.2. The number of carbonyl (C=O) groups is 2. The first-order valence-corrected chi connectivity index (χ1v) is 5.76. The maximum atomic E-state index is 11.4. The van der Waals surface area contributed by atoms with Crippen molar-refractivity contribution >= 4 is 11.9 Å². The Kier molecular flexibility index (Phi) is 7.54. The van der Waals surface area contributed by atoms with Gasteiger partial charge in [0, 0.05) is 19.0 Å². The lowest BCUT2D eigenvalue weighted by molar-refractivity contribution is -0.141. The largest absolute Gasteiger partial charge is 0.481 e. The van der Waals surface area contributed by atoms with Crippen LogP contribution in [-0.4, -0.2) is 29.6 Å². The van der Waals surface area contributed by atoms with Gasteiger partial charge in [0.15, 0.2) is 0 Å². The van der Waals surface area contributed by atoms with E-state index in [0.717, 1.165) is 12.8 Å².